The first kappa shape index (κ1) is 22.8. The third-order valence-corrected chi connectivity index (χ3v) is 4.84. The first-order valence-corrected chi connectivity index (χ1v) is 9.91. The van der Waals surface area contributed by atoms with Crippen molar-refractivity contribution < 1.29 is 19.1 Å². The quantitative estimate of drug-likeness (QED) is 0.556. The molecule has 0 fully saturated rings. The highest BCUT2D eigenvalue weighted by Gasteiger charge is 2.13. The minimum absolute atomic E-state index is 0.127. The number of hydrogen-bond donors (Lipinski definition) is 2. The number of amides is 2. The van der Waals surface area contributed by atoms with Crippen LogP contribution in [0.2, 0.25) is 5.02 Å². The topological polar surface area (TPSA) is 106 Å². The Hall–Kier alpha value is -3.91. The van der Waals surface area contributed by atoms with Crippen LogP contribution in [0.1, 0.15) is 26.3 Å². The Morgan fingerprint density at radius 3 is 2.34 bits per heavy atom. The number of esters is 1. The molecule has 2 N–H and O–H groups in total. The first-order chi connectivity index (χ1) is 15.3. The molecule has 9 heteroatoms. The van der Waals surface area contributed by atoms with E-state index in [4.69, 9.17) is 11.6 Å². The third-order valence-electron chi connectivity index (χ3n) is 4.51. The molecule has 0 bridgehead atoms. The maximum absolute atomic E-state index is 12.5. The van der Waals surface area contributed by atoms with Crippen LogP contribution >= 0.6 is 11.6 Å². The Labute approximate surface area is 188 Å². The molecule has 8 nitrogen and oxygen atoms in total. The van der Waals surface area contributed by atoms with Crippen LogP contribution in [-0.2, 0) is 16.1 Å². The highest BCUT2D eigenvalue weighted by Crippen LogP contribution is 2.24. The molecular formula is C23H20ClN3O5. The van der Waals surface area contributed by atoms with Crippen LogP contribution < -0.4 is 16.2 Å². The predicted molar refractivity (Wildman–Crippen MR) is 121 cm³/mol. The zero-order valence-electron chi connectivity index (χ0n) is 17.3. The summed E-state index contributed by atoms with van der Waals surface area (Å²) < 4.78 is 5.99. The molecule has 0 saturated carbocycles. The fraction of sp³-hybridized carbons (Fsp3) is 0.130. The van der Waals surface area contributed by atoms with Gasteiger partial charge in [0.15, 0.2) is 0 Å². The number of ether oxygens (including phenoxy) is 1. The van der Waals surface area contributed by atoms with E-state index in [2.05, 4.69) is 15.4 Å². The maximum Gasteiger partial charge on any atom is 0.337 e. The van der Waals surface area contributed by atoms with Crippen LogP contribution in [0.5, 0.6) is 0 Å². The molecule has 1 heterocycles. The smallest absolute Gasteiger partial charge is 0.337 e. The summed E-state index contributed by atoms with van der Waals surface area (Å²) in [6.45, 7) is 1.70. The molecule has 3 aromatic rings. The standard InChI is InChI=1S/C23H20ClN3O5/c1-14-3-10-21(29)27(12-14)13-20(28)25-17-7-4-15(5-8-17)22(30)26-19-11-16(23(31)32-2)6-9-18(19)24/h3-12H,13H2,1-2H3,(H,25,28)(H,26,30). The van der Waals surface area contributed by atoms with E-state index in [1.807, 2.05) is 6.92 Å². The summed E-state index contributed by atoms with van der Waals surface area (Å²) in [4.78, 5) is 48.3. The summed E-state index contributed by atoms with van der Waals surface area (Å²) in [6.07, 6.45) is 1.61. The van der Waals surface area contributed by atoms with E-state index in [1.165, 1.54) is 48.1 Å². The van der Waals surface area contributed by atoms with E-state index in [-0.39, 0.29) is 34.3 Å². The molecule has 0 unspecified atom stereocenters. The van der Waals surface area contributed by atoms with Crippen LogP contribution in [0.4, 0.5) is 11.4 Å². The van der Waals surface area contributed by atoms with Crippen molar-refractivity contribution in [2.45, 2.75) is 13.5 Å². The van der Waals surface area contributed by atoms with Gasteiger partial charge in [-0.2, -0.15) is 0 Å². The number of nitrogens with zero attached hydrogens (tertiary/aromatic N) is 1. The summed E-state index contributed by atoms with van der Waals surface area (Å²) >= 11 is 6.11. The Morgan fingerprint density at radius 2 is 1.66 bits per heavy atom. The van der Waals surface area contributed by atoms with Crippen molar-refractivity contribution in [3.05, 3.63) is 92.9 Å². The van der Waals surface area contributed by atoms with Gasteiger partial charge in [0.05, 0.1) is 23.4 Å². The van der Waals surface area contributed by atoms with Crippen molar-refractivity contribution in [2.24, 2.45) is 0 Å². The van der Waals surface area contributed by atoms with Crippen molar-refractivity contribution in [3.63, 3.8) is 0 Å². The summed E-state index contributed by atoms with van der Waals surface area (Å²) in [5, 5.41) is 5.60. The Balaban J connectivity index is 1.66. The second-order valence-corrected chi connectivity index (χ2v) is 7.35. The van der Waals surface area contributed by atoms with Crippen LogP contribution in [0.15, 0.2) is 65.6 Å². The number of methoxy groups -OCH3 is 1. The lowest BCUT2D eigenvalue weighted by atomic mass is 10.1. The highest BCUT2D eigenvalue weighted by molar-refractivity contribution is 6.34. The van der Waals surface area contributed by atoms with Crippen LogP contribution in [0.3, 0.4) is 0 Å². The van der Waals surface area contributed by atoms with E-state index in [1.54, 1.807) is 24.4 Å². The zero-order chi connectivity index (χ0) is 23.3. The zero-order valence-corrected chi connectivity index (χ0v) is 18.1. The Kier molecular flexibility index (Phi) is 7.07. The summed E-state index contributed by atoms with van der Waals surface area (Å²) in [6, 6.07) is 13.7. The van der Waals surface area contributed by atoms with E-state index in [0.717, 1.165) is 5.56 Å². The van der Waals surface area contributed by atoms with Gasteiger partial charge >= 0.3 is 5.97 Å². The summed E-state index contributed by atoms with van der Waals surface area (Å²) in [5.74, 6) is -1.37. The number of carbonyl (C=O) groups excluding carboxylic acids is 3. The average Bonchev–Trinajstić information content (AvgIpc) is 2.77. The number of nitrogens with one attached hydrogen (secondary N) is 2. The lowest BCUT2D eigenvalue weighted by molar-refractivity contribution is -0.116. The van der Waals surface area contributed by atoms with E-state index >= 15 is 0 Å². The van der Waals surface area contributed by atoms with Gasteiger partial charge in [0, 0.05) is 23.5 Å². The van der Waals surface area contributed by atoms with Gasteiger partial charge < -0.3 is 19.9 Å². The second-order valence-electron chi connectivity index (χ2n) is 6.94. The molecule has 2 amide bonds. The van der Waals surface area contributed by atoms with Gasteiger partial charge in [0.25, 0.3) is 11.5 Å². The number of rotatable bonds is 6. The lowest BCUT2D eigenvalue weighted by Crippen LogP contribution is -2.26. The molecular weight excluding hydrogens is 434 g/mol. The van der Waals surface area contributed by atoms with Crippen molar-refractivity contribution in [3.8, 4) is 0 Å². The van der Waals surface area contributed by atoms with Crippen LogP contribution in [-0.4, -0.2) is 29.5 Å². The van der Waals surface area contributed by atoms with Crippen molar-refractivity contribution >= 4 is 40.8 Å². The molecule has 32 heavy (non-hydrogen) atoms. The van der Waals surface area contributed by atoms with Gasteiger partial charge in [-0.1, -0.05) is 17.7 Å². The maximum atomic E-state index is 12.5. The molecule has 164 valence electrons. The molecule has 0 saturated heterocycles. The summed E-state index contributed by atoms with van der Waals surface area (Å²) in [7, 11) is 1.26. The molecule has 3 rings (SSSR count). The number of anilines is 2. The molecule has 0 aliphatic heterocycles. The number of carbonyl (C=O) groups is 3. The van der Waals surface area contributed by atoms with Gasteiger partial charge in [0.2, 0.25) is 5.91 Å². The van der Waals surface area contributed by atoms with Crippen molar-refractivity contribution in [2.75, 3.05) is 17.7 Å². The highest BCUT2D eigenvalue weighted by atomic mass is 35.5. The average molecular weight is 454 g/mol. The number of aromatic nitrogens is 1. The van der Waals surface area contributed by atoms with E-state index in [0.29, 0.717) is 11.3 Å². The van der Waals surface area contributed by atoms with Crippen LogP contribution in [0.25, 0.3) is 0 Å². The minimum atomic E-state index is -0.551. The molecule has 0 aliphatic carbocycles. The Bertz CT molecular complexity index is 1240. The van der Waals surface area contributed by atoms with Gasteiger partial charge in [-0.05, 0) is 55.0 Å². The number of benzene rings is 2. The molecule has 2 aromatic carbocycles. The van der Waals surface area contributed by atoms with Gasteiger partial charge in [-0.25, -0.2) is 4.79 Å². The van der Waals surface area contributed by atoms with Gasteiger partial charge in [-0.15, -0.1) is 0 Å². The van der Waals surface area contributed by atoms with E-state index in [9.17, 15) is 19.2 Å². The molecule has 0 aliphatic rings. The third kappa shape index (κ3) is 5.61. The Morgan fingerprint density at radius 1 is 0.969 bits per heavy atom. The lowest BCUT2D eigenvalue weighted by Gasteiger charge is -2.10. The molecule has 1 aromatic heterocycles. The monoisotopic (exact) mass is 453 g/mol. The number of pyridine rings is 1. The fourth-order valence-electron chi connectivity index (χ4n) is 2.90. The number of hydrogen-bond acceptors (Lipinski definition) is 5. The molecule has 0 spiro atoms. The second kappa shape index (κ2) is 9.93. The number of halogens is 1. The molecule has 0 radical (unpaired) electrons. The first-order valence-electron chi connectivity index (χ1n) is 9.53. The fourth-order valence-corrected chi connectivity index (χ4v) is 3.06. The van der Waals surface area contributed by atoms with Gasteiger partial charge in [0.1, 0.15) is 6.54 Å². The van der Waals surface area contributed by atoms with E-state index < -0.39 is 11.9 Å². The molecule has 0 atom stereocenters. The predicted octanol–water partition coefficient (Wildman–Crippen LogP) is 3.49. The van der Waals surface area contributed by atoms with Crippen molar-refractivity contribution in [1.29, 1.82) is 0 Å². The van der Waals surface area contributed by atoms with Gasteiger partial charge in [-0.3, -0.25) is 14.4 Å². The minimum Gasteiger partial charge on any atom is -0.465 e. The van der Waals surface area contributed by atoms with Crippen LogP contribution in [0, 0.1) is 6.92 Å². The normalized spacial score (nSPS) is 10.3. The number of aryl methyl sites for hydroxylation is 1. The summed E-state index contributed by atoms with van der Waals surface area (Å²) in [5.41, 5.74) is 1.90. The van der Waals surface area contributed by atoms with Crippen molar-refractivity contribution in [1.82, 2.24) is 4.57 Å². The largest absolute Gasteiger partial charge is 0.465 e. The SMILES string of the molecule is COC(=O)c1ccc(Cl)c(NC(=O)c2ccc(NC(=O)Cn3cc(C)ccc3=O)cc2)c1.